The standard InChI is InChI=1S/C21H30N2O/c1-5-22(6-2)21(23(7-3)8-4)16-14-19(15-17-21)20(24)18-12-10-9-11-13-18/h9-17,19H,5-8H2,1-4H3. The van der Waals surface area contributed by atoms with Crippen LogP contribution in [0.15, 0.2) is 54.6 Å². The second kappa shape index (κ2) is 8.41. The van der Waals surface area contributed by atoms with E-state index < -0.39 is 0 Å². The fourth-order valence-corrected chi connectivity index (χ4v) is 3.66. The van der Waals surface area contributed by atoms with Crippen LogP contribution in [0.3, 0.4) is 0 Å². The Morgan fingerprint density at radius 2 is 1.33 bits per heavy atom. The van der Waals surface area contributed by atoms with E-state index in [1.807, 2.05) is 30.3 Å². The normalized spacial score (nSPS) is 16.9. The molecule has 1 aliphatic rings. The highest BCUT2D eigenvalue weighted by Gasteiger charge is 2.37. The highest BCUT2D eigenvalue weighted by molar-refractivity contribution is 6.00. The number of ketones is 1. The molecule has 2 rings (SSSR count). The largest absolute Gasteiger partial charge is 0.293 e. The molecule has 0 amide bonds. The average molecular weight is 326 g/mol. The number of carbonyl (C=O) groups is 1. The zero-order chi connectivity index (χ0) is 17.6. The molecular formula is C21H30N2O. The molecule has 0 N–H and O–H groups in total. The van der Waals surface area contributed by atoms with E-state index in [1.165, 1.54) is 0 Å². The predicted molar refractivity (Wildman–Crippen MR) is 101 cm³/mol. The number of allylic oxidation sites excluding steroid dienone is 2. The summed E-state index contributed by atoms with van der Waals surface area (Å²) in [4.78, 5) is 17.6. The number of hydrogen-bond donors (Lipinski definition) is 0. The molecule has 0 heterocycles. The molecule has 0 aliphatic heterocycles. The summed E-state index contributed by atoms with van der Waals surface area (Å²) in [6.45, 7) is 12.7. The van der Waals surface area contributed by atoms with Crippen molar-refractivity contribution in [2.45, 2.75) is 33.4 Å². The molecule has 1 aliphatic carbocycles. The summed E-state index contributed by atoms with van der Waals surface area (Å²) in [7, 11) is 0. The molecule has 130 valence electrons. The summed E-state index contributed by atoms with van der Waals surface area (Å²) >= 11 is 0. The molecule has 0 aromatic heterocycles. The Balaban J connectivity index is 2.30. The molecule has 0 atom stereocenters. The van der Waals surface area contributed by atoms with E-state index in [4.69, 9.17) is 0 Å². The first kappa shape index (κ1) is 18.6. The van der Waals surface area contributed by atoms with Gasteiger partial charge in [0.1, 0.15) is 5.66 Å². The Kier molecular flexibility index (Phi) is 6.52. The molecule has 1 aromatic carbocycles. The van der Waals surface area contributed by atoms with Crippen molar-refractivity contribution in [2.24, 2.45) is 5.92 Å². The van der Waals surface area contributed by atoms with E-state index >= 15 is 0 Å². The van der Waals surface area contributed by atoms with Crippen LogP contribution in [0.4, 0.5) is 0 Å². The number of rotatable bonds is 8. The van der Waals surface area contributed by atoms with Crippen molar-refractivity contribution >= 4 is 5.78 Å². The maximum absolute atomic E-state index is 12.7. The molecule has 0 spiro atoms. The first-order chi connectivity index (χ1) is 11.6. The van der Waals surface area contributed by atoms with Gasteiger partial charge in [-0.2, -0.15) is 0 Å². The van der Waals surface area contributed by atoms with Crippen molar-refractivity contribution in [1.82, 2.24) is 9.80 Å². The summed E-state index contributed by atoms with van der Waals surface area (Å²) in [6.07, 6.45) is 8.59. The summed E-state index contributed by atoms with van der Waals surface area (Å²) in [5, 5.41) is 0. The summed E-state index contributed by atoms with van der Waals surface area (Å²) < 4.78 is 0. The van der Waals surface area contributed by atoms with Gasteiger partial charge >= 0.3 is 0 Å². The van der Waals surface area contributed by atoms with Gasteiger partial charge in [0.25, 0.3) is 0 Å². The Morgan fingerprint density at radius 1 is 0.875 bits per heavy atom. The van der Waals surface area contributed by atoms with Gasteiger partial charge in [0, 0.05) is 5.56 Å². The SMILES string of the molecule is CCN(CC)C1(N(CC)CC)C=CC(C(=O)c2ccccc2)C=C1. The number of carbonyl (C=O) groups excluding carboxylic acids is 1. The smallest absolute Gasteiger partial charge is 0.173 e. The van der Waals surface area contributed by atoms with Crippen LogP contribution in [0, 0.1) is 5.92 Å². The molecule has 24 heavy (non-hydrogen) atoms. The maximum atomic E-state index is 12.7. The van der Waals surface area contributed by atoms with E-state index in [0.717, 1.165) is 31.7 Å². The minimum Gasteiger partial charge on any atom is -0.293 e. The lowest BCUT2D eigenvalue weighted by atomic mass is 9.88. The number of benzene rings is 1. The molecule has 3 nitrogen and oxygen atoms in total. The highest BCUT2D eigenvalue weighted by Crippen LogP contribution is 2.30. The third-order valence-electron chi connectivity index (χ3n) is 5.00. The molecule has 0 bridgehead atoms. The van der Waals surface area contributed by atoms with Gasteiger partial charge in [0.05, 0.1) is 5.92 Å². The quantitative estimate of drug-likeness (QED) is 0.410. The molecule has 0 saturated carbocycles. The number of likely N-dealkylation sites (N-methyl/N-ethyl adjacent to an activating group) is 2. The van der Waals surface area contributed by atoms with Crippen LogP contribution in [-0.2, 0) is 0 Å². The fraction of sp³-hybridized carbons (Fsp3) is 0.476. The van der Waals surface area contributed by atoms with E-state index in [2.05, 4.69) is 61.8 Å². The molecule has 0 radical (unpaired) electrons. The number of nitrogens with zero attached hydrogens (tertiary/aromatic N) is 2. The minimum absolute atomic E-state index is 0.163. The van der Waals surface area contributed by atoms with Gasteiger partial charge in [-0.1, -0.05) is 70.2 Å². The van der Waals surface area contributed by atoms with Crippen molar-refractivity contribution in [3.63, 3.8) is 0 Å². The van der Waals surface area contributed by atoms with Gasteiger partial charge in [-0.3, -0.25) is 14.6 Å². The van der Waals surface area contributed by atoms with Crippen LogP contribution in [0.2, 0.25) is 0 Å². The molecule has 1 aromatic rings. The van der Waals surface area contributed by atoms with Crippen molar-refractivity contribution in [2.75, 3.05) is 26.2 Å². The summed E-state index contributed by atoms with van der Waals surface area (Å²) in [5.41, 5.74) is 0.551. The predicted octanol–water partition coefficient (Wildman–Crippen LogP) is 3.99. The molecule has 0 unspecified atom stereocenters. The van der Waals surface area contributed by atoms with Crippen molar-refractivity contribution in [1.29, 1.82) is 0 Å². The average Bonchev–Trinajstić information content (AvgIpc) is 2.64. The highest BCUT2D eigenvalue weighted by atomic mass is 16.1. The van der Waals surface area contributed by atoms with Crippen molar-refractivity contribution in [3.05, 3.63) is 60.2 Å². The maximum Gasteiger partial charge on any atom is 0.173 e. The third-order valence-corrected chi connectivity index (χ3v) is 5.00. The van der Waals surface area contributed by atoms with Gasteiger partial charge < -0.3 is 0 Å². The van der Waals surface area contributed by atoms with Crippen LogP contribution in [0.25, 0.3) is 0 Å². The number of hydrogen-bond acceptors (Lipinski definition) is 3. The summed E-state index contributed by atoms with van der Waals surface area (Å²) in [5.74, 6) is -0.0116. The second-order valence-electron chi connectivity index (χ2n) is 6.10. The topological polar surface area (TPSA) is 23.6 Å². The van der Waals surface area contributed by atoms with Gasteiger partial charge in [0.15, 0.2) is 5.78 Å². The second-order valence-corrected chi connectivity index (χ2v) is 6.10. The molecule has 0 fully saturated rings. The van der Waals surface area contributed by atoms with E-state index in [9.17, 15) is 4.79 Å². The Hall–Kier alpha value is -1.71. The van der Waals surface area contributed by atoms with Crippen LogP contribution < -0.4 is 0 Å². The lowest BCUT2D eigenvalue weighted by Crippen LogP contribution is -2.59. The van der Waals surface area contributed by atoms with Gasteiger partial charge in [0.2, 0.25) is 0 Å². The van der Waals surface area contributed by atoms with Gasteiger partial charge in [-0.15, -0.1) is 0 Å². The fourth-order valence-electron chi connectivity index (χ4n) is 3.66. The van der Waals surface area contributed by atoms with Gasteiger partial charge in [-0.25, -0.2) is 0 Å². The lowest BCUT2D eigenvalue weighted by Gasteiger charge is -2.48. The van der Waals surface area contributed by atoms with Crippen molar-refractivity contribution < 1.29 is 4.79 Å². The van der Waals surface area contributed by atoms with Gasteiger partial charge in [-0.05, 0) is 38.3 Å². The molecule has 3 heteroatoms. The van der Waals surface area contributed by atoms with E-state index in [0.29, 0.717) is 0 Å². The molecule has 0 saturated heterocycles. The first-order valence-electron chi connectivity index (χ1n) is 9.10. The monoisotopic (exact) mass is 326 g/mol. The lowest BCUT2D eigenvalue weighted by molar-refractivity contribution is 0.0263. The van der Waals surface area contributed by atoms with Crippen molar-refractivity contribution in [3.8, 4) is 0 Å². The van der Waals surface area contributed by atoms with Crippen LogP contribution in [-0.4, -0.2) is 47.4 Å². The van der Waals surface area contributed by atoms with Crippen LogP contribution in [0.1, 0.15) is 38.1 Å². The Bertz CT molecular complexity index is 555. The first-order valence-corrected chi connectivity index (χ1v) is 9.10. The minimum atomic E-state index is -0.222. The number of Topliss-reactive ketones (excluding diaryl/α,β-unsaturated/α-hetero) is 1. The zero-order valence-electron chi connectivity index (χ0n) is 15.4. The van der Waals surface area contributed by atoms with Crippen LogP contribution in [0.5, 0.6) is 0 Å². The van der Waals surface area contributed by atoms with E-state index in [-0.39, 0.29) is 17.4 Å². The molecular weight excluding hydrogens is 296 g/mol. The zero-order valence-corrected chi connectivity index (χ0v) is 15.4. The third kappa shape index (κ3) is 3.52. The van der Waals surface area contributed by atoms with Crippen LogP contribution >= 0.6 is 0 Å². The Morgan fingerprint density at radius 3 is 1.75 bits per heavy atom. The summed E-state index contributed by atoms with van der Waals surface area (Å²) in [6, 6.07) is 9.55. The Labute approximate surface area is 146 Å². The van der Waals surface area contributed by atoms with E-state index in [1.54, 1.807) is 0 Å².